The van der Waals surface area contributed by atoms with E-state index in [4.69, 9.17) is 21.9 Å². The quantitative estimate of drug-likeness (QED) is 0.0997. The molecule has 0 amide bonds. The second-order valence-electron chi connectivity index (χ2n) is 8.63. The van der Waals surface area contributed by atoms with Crippen LogP contribution in [0.5, 0.6) is 0 Å². The first kappa shape index (κ1) is 30.5. The lowest BCUT2D eigenvalue weighted by Gasteiger charge is -2.24. The molecule has 1 aliphatic carbocycles. The minimum Gasteiger partial charge on any atom is -0.397 e. The van der Waals surface area contributed by atoms with Crippen LogP contribution < -0.4 is 15.8 Å². The number of aryl methyl sites for hydroxylation is 1. The van der Waals surface area contributed by atoms with Gasteiger partial charge in [-0.05, 0) is 30.7 Å². The van der Waals surface area contributed by atoms with Crippen molar-refractivity contribution in [3.63, 3.8) is 0 Å². The molecular weight excluding hydrogens is 626 g/mol. The molecule has 18 heteroatoms. The van der Waals surface area contributed by atoms with Gasteiger partial charge < -0.3 is 11.1 Å². The van der Waals surface area contributed by atoms with Crippen molar-refractivity contribution in [3.8, 4) is 0 Å². The van der Waals surface area contributed by atoms with Crippen molar-refractivity contribution < 1.29 is 48.1 Å². The summed E-state index contributed by atoms with van der Waals surface area (Å²) in [5, 5.41) is 2.52. The van der Waals surface area contributed by atoms with Crippen molar-refractivity contribution in [1.82, 2.24) is 4.72 Å². The molecule has 0 unspecified atom stereocenters. The SMILES string of the molecule is Cc1cc(Nc2cc(S(=O)(=O)O)c(N)c3c2C(=O)c2ccccc2C3=O)c(Cl)cc1S(=O)(=O)NCCOS(=O)(=O)O. The van der Waals surface area contributed by atoms with Crippen molar-refractivity contribution >= 4 is 70.8 Å². The number of benzene rings is 3. The van der Waals surface area contributed by atoms with E-state index >= 15 is 0 Å². The van der Waals surface area contributed by atoms with Crippen LogP contribution in [0, 0.1) is 6.92 Å². The number of nitrogen functional groups attached to an aromatic ring is 1. The maximum Gasteiger partial charge on any atom is 0.397 e. The van der Waals surface area contributed by atoms with Gasteiger partial charge in [0.25, 0.3) is 10.1 Å². The Hall–Kier alpha value is -3.42. The van der Waals surface area contributed by atoms with Crippen molar-refractivity contribution in [1.29, 1.82) is 0 Å². The molecule has 41 heavy (non-hydrogen) atoms. The summed E-state index contributed by atoms with van der Waals surface area (Å²) in [6, 6.07) is 8.94. The minimum atomic E-state index is -4.98. The molecular formula is C23H20ClN3O11S3. The fraction of sp³-hybridized carbons (Fsp3) is 0.130. The van der Waals surface area contributed by atoms with Gasteiger partial charge in [0.15, 0.2) is 11.6 Å². The lowest BCUT2D eigenvalue weighted by Crippen LogP contribution is -2.28. The van der Waals surface area contributed by atoms with Gasteiger partial charge in [0.2, 0.25) is 10.0 Å². The van der Waals surface area contributed by atoms with Gasteiger partial charge >= 0.3 is 10.4 Å². The number of rotatable bonds is 9. The summed E-state index contributed by atoms with van der Waals surface area (Å²) in [6.45, 7) is 0.170. The summed E-state index contributed by atoms with van der Waals surface area (Å²) < 4.78 is 95.5. The van der Waals surface area contributed by atoms with Crippen LogP contribution in [0.15, 0.2) is 52.3 Å². The summed E-state index contributed by atoms with van der Waals surface area (Å²) in [5.74, 6) is -1.43. The highest BCUT2D eigenvalue weighted by Gasteiger charge is 2.36. The number of halogens is 1. The molecule has 0 bridgehead atoms. The molecule has 1 aliphatic rings. The van der Waals surface area contributed by atoms with E-state index < -0.39 is 71.4 Å². The van der Waals surface area contributed by atoms with Gasteiger partial charge in [0.05, 0.1) is 44.7 Å². The summed E-state index contributed by atoms with van der Waals surface area (Å²) in [4.78, 5) is 25.6. The highest BCUT2D eigenvalue weighted by Crippen LogP contribution is 2.41. The Morgan fingerprint density at radius 3 is 2.02 bits per heavy atom. The Morgan fingerprint density at radius 2 is 1.46 bits per heavy atom. The molecule has 0 spiro atoms. The molecule has 0 saturated heterocycles. The number of fused-ring (bicyclic) bond motifs is 2. The van der Waals surface area contributed by atoms with Gasteiger partial charge in [-0.3, -0.25) is 18.7 Å². The van der Waals surface area contributed by atoms with Gasteiger partial charge in [0.1, 0.15) is 4.90 Å². The van der Waals surface area contributed by atoms with Crippen molar-refractivity contribution in [3.05, 3.63) is 75.3 Å². The van der Waals surface area contributed by atoms with Gasteiger partial charge in [-0.1, -0.05) is 35.9 Å². The summed E-state index contributed by atoms with van der Waals surface area (Å²) in [5.41, 5.74) is 4.44. The summed E-state index contributed by atoms with van der Waals surface area (Å²) in [6.07, 6.45) is 0. The molecule has 0 radical (unpaired) electrons. The molecule has 3 aromatic carbocycles. The smallest absolute Gasteiger partial charge is 0.397 e. The van der Waals surface area contributed by atoms with E-state index in [2.05, 4.69) is 14.2 Å². The number of nitrogens with two attached hydrogens (primary N) is 1. The zero-order valence-electron chi connectivity index (χ0n) is 20.7. The van der Waals surface area contributed by atoms with Crippen LogP contribution in [0.2, 0.25) is 5.02 Å². The summed E-state index contributed by atoms with van der Waals surface area (Å²) >= 11 is 6.33. The first-order valence-corrected chi connectivity index (χ1v) is 15.9. The van der Waals surface area contributed by atoms with Gasteiger partial charge in [-0.25, -0.2) is 17.3 Å². The maximum absolute atomic E-state index is 13.5. The van der Waals surface area contributed by atoms with E-state index in [1.165, 1.54) is 37.3 Å². The van der Waals surface area contributed by atoms with E-state index in [0.29, 0.717) is 0 Å². The second kappa shape index (κ2) is 10.8. The van der Waals surface area contributed by atoms with Gasteiger partial charge in [-0.2, -0.15) is 16.8 Å². The number of anilines is 3. The molecule has 0 saturated carbocycles. The molecule has 0 aliphatic heterocycles. The second-order valence-corrected chi connectivity index (χ2v) is 13.3. The predicted molar refractivity (Wildman–Crippen MR) is 146 cm³/mol. The molecule has 3 aromatic rings. The average molecular weight is 646 g/mol. The fourth-order valence-corrected chi connectivity index (χ4v) is 6.68. The van der Waals surface area contributed by atoms with Gasteiger partial charge in [0, 0.05) is 17.7 Å². The summed E-state index contributed by atoms with van der Waals surface area (Å²) in [7, 11) is -14.0. The molecule has 0 fully saturated rings. The fourth-order valence-electron chi connectivity index (χ4n) is 4.20. The molecule has 218 valence electrons. The standard InChI is InChI=1S/C23H20ClN3O11S3/c1-11-8-15(14(24)9-17(11)39(30,31)26-6-7-38-41(35,36)37)27-16-10-18(40(32,33)34)21(25)20-19(16)22(28)12-4-2-3-5-13(12)23(20)29/h2-5,8-10,26-27H,6-7,25H2,1H3,(H,32,33,34)(H,35,36,37). The van der Waals surface area contributed by atoms with E-state index in [1.54, 1.807) is 0 Å². The predicted octanol–water partition coefficient (Wildman–Crippen LogP) is 2.09. The zero-order chi connectivity index (χ0) is 30.5. The molecule has 0 aromatic heterocycles. The monoisotopic (exact) mass is 645 g/mol. The number of ketones is 2. The van der Waals surface area contributed by atoms with E-state index in [0.717, 1.165) is 12.1 Å². The van der Waals surface area contributed by atoms with Crippen molar-refractivity contribution in [2.75, 3.05) is 24.2 Å². The number of carbonyl (C=O) groups excluding carboxylic acids is 2. The Bertz CT molecular complexity index is 1960. The third-order valence-corrected chi connectivity index (χ3v) is 9.20. The minimum absolute atomic E-state index is 0.00908. The van der Waals surface area contributed by atoms with Gasteiger partial charge in [-0.15, -0.1) is 0 Å². The number of carbonyl (C=O) groups is 2. The lowest BCUT2D eigenvalue weighted by molar-refractivity contribution is 0.0980. The van der Waals surface area contributed by atoms with Crippen LogP contribution in [-0.4, -0.2) is 59.1 Å². The highest BCUT2D eigenvalue weighted by molar-refractivity contribution is 7.89. The number of hydrogen-bond donors (Lipinski definition) is 5. The Kier molecular flexibility index (Phi) is 8.02. The van der Waals surface area contributed by atoms with Crippen LogP contribution in [-0.2, 0) is 34.7 Å². The number of hydrogen-bond acceptors (Lipinski definition) is 11. The first-order chi connectivity index (χ1) is 18.9. The molecule has 14 nitrogen and oxygen atoms in total. The molecule has 4 rings (SSSR count). The van der Waals surface area contributed by atoms with Crippen molar-refractivity contribution in [2.24, 2.45) is 0 Å². The maximum atomic E-state index is 13.5. The Morgan fingerprint density at radius 1 is 0.878 bits per heavy atom. The van der Waals surface area contributed by atoms with E-state index in [1.807, 2.05) is 0 Å². The van der Waals surface area contributed by atoms with Crippen LogP contribution in [0.1, 0.15) is 37.4 Å². The third kappa shape index (κ3) is 6.11. The van der Waals surface area contributed by atoms with Crippen LogP contribution in [0.4, 0.5) is 17.1 Å². The molecule has 0 heterocycles. The van der Waals surface area contributed by atoms with Crippen molar-refractivity contribution in [2.45, 2.75) is 16.7 Å². The zero-order valence-corrected chi connectivity index (χ0v) is 23.9. The van der Waals surface area contributed by atoms with E-state index in [9.17, 15) is 39.4 Å². The largest absolute Gasteiger partial charge is 0.397 e. The van der Waals surface area contributed by atoms with E-state index in [-0.39, 0.29) is 43.5 Å². The average Bonchev–Trinajstić information content (AvgIpc) is 2.86. The Labute approximate surface area is 239 Å². The third-order valence-electron chi connectivity index (χ3n) is 5.93. The Balaban J connectivity index is 1.79. The van der Waals surface area contributed by atoms with Crippen LogP contribution in [0.3, 0.4) is 0 Å². The molecule has 6 N–H and O–H groups in total. The normalized spacial score (nSPS) is 13.6. The lowest BCUT2D eigenvalue weighted by atomic mass is 9.82. The first-order valence-electron chi connectivity index (χ1n) is 11.2. The van der Waals surface area contributed by atoms with Crippen LogP contribution >= 0.6 is 11.6 Å². The molecule has 0 atom stereocenters. The number of nitrogens with one attached hydrogen (secondary N) is 2. The van der Waals surface area contributed by atoms with Crippen LogP contribution in [0.25, 0.3) is 0 Å². The highest BCUT2D eigenvalue weighted by atomic mass is 35.5. The topological polar surface area (TPSA) is 236 Å². The number of sulfonamides is 1.